The molecule has 1 aromatic carbocycles. The lowest BCUT2D eigenvalue weighted by molar-refractivity contribution is 0.408. The number of nitrogens with zero attached hydrogens (tertiary/aromatic N) is 2. The Morgan fingerprint density at radius 1 is 1.19 bits per heavy atom. The number of benzene rings is 1. The number of methoxy groups -OCH3 is 1. The van der Waals surface area contributed by atoms with Gasteiger partial charge in [-0.3, -0.25) is 4.68 Å². The van der Waals surface area contributed by atoms with Gasteiger partial charge in [0, 0.05) is 30.4 Å². The highest BCUT2D eigenvalue weighted by molar-refractivity contribution is 5.64. The molecule has 2 rings (SSSR count). The largest absolute Gasteiger partial charge is 0.496 e. The summed E-state index contributed by atoms with van der Waals surface area (Å²) in [4.78, 5) is 0. The maximum Gasteiger partial charge on any atom is 0.123 e. The minimum atomic E-state index is 0.827. The van der Waals surface area contributed by atoms with E-state index in [-0.39, 0.29) is 0 Å². The summed E-state index contributed by atoms with van der Waals surface area (Å²) in [7, 11) is 1.72. The Bertz CT molecular complexity index is 563. The second-order valence-electron chi connectivity index (χ2n) is 5.20. The standard InChI is InChI=1S/C17H25N3O/c1-4-8-18-11-15-10-14(6-7-17(15)21-3)16-12-19-20(13-16)9-5-2/h6-7,10,12-13,18H,4-5,8-9,11H2,1-3H3. The highest BCUT2D eigenvalue weighted by atomic mass is 16.5. The third-order valence-electron chi connectivity index (χ3n) is 3.44. The van der Waals surface area contributed by atoms with Gasteiger partial charge in [0.2, 0.25) is 0 Å². The average molecular weight is 287 g/mol. The molecular formula is C17H25N3O. The van der Waals surface area contributed by atoms with E-state index >= 15 is 0 Å². The minimum absolute atomic E-state index is 0.827. The molecule has 21 heavy (non-hydrogen) atoms. The maximum atomic E-state index is 5.45. The van der Waals surface area contributed by atoms with E-state index in [9.17, 15) is 0 Å². The minimum Gasteiger partial charge on any atom is -0.496 e. The van der Waals surface area contributed by atoms with Crippen LogP contribution >= 0.6 is 0 Å². The molecule has 0 aliphatic rings. The molecule has 0 saturated heterocycles. The Morgan fingerprint density at radius 2 is 2.05 bits per heavy atom. The zero-order chi connectivity index (χ0) is 15.1. The molecule has 114 valence electrons. The van der Waals surface area contributed by atoms with Gasteiger partial charge in [-0.25, -0.2) is 0 Å². The van der Waals surface area contributed by atoms with Crippen molar-refractivity contribution in [2.75, 3.05) is 13.7 Å². The number of hydrogen-bond acceptors (Lipinski definition) is 3. The molecule has 2 aromatic rings. The molecule has 0 aliphatic heterocycles. The van der Waals surface area contributed by atoms with Crippen molar-refractivity contribution in [1.82, 2.24) is 15.1 Å². The van der Waals surface area contributed by atoms with Crippen LogP contribution in [0, 0.1) is 0 Å². The zero-order valence-electron chi connectivity index (χ0n) is 13.2. The molecule has 0 bridgehead atoms. The molecule has 4 nitrogen and oxygen atoms in total. The highest BCUT2D eigenvalue weighted by Gasteiger charge is 2.07. The molecule has 1 aromatic heterocycles. The van der Waals surface area contributed by atoms with Crippen LogP contribution in [0.15, 0.2) is 30.6 Å². The third kappa shape index (κ3) is 4.08. The molecule has 0 radical (unpaired) electrons. The van der Waals surface area contributed by atoms with E-state index < -0.39 is 0 Å². The first-order valence-electron chi connectivity index (χ1n) is 7.69. The van der Waals surface area contributed by atoms with E-state index in [1.807, 2.05) is 16.9 Å². The van der Waals surface area contributed by atoms with Crippen molar-refractivity contribution in [3.8, 4) is 16.9 Å². The predicted molar refractivity (Wildman–Crippen MR) is 86.5 cm³/mol. The second kappa shape index (κ2) is 7.84. The lowest BCUT2D eigenvalue weighted by Crippen LogP contribution is -2.14. The lowest BCUT2D eigenvalue weighted by atomic mass is 10.1. The number of hydrogen-bond donors (Lipinski definition) is 1. The third-order valence-corrected chi connectivity index (χ3v) is 3.44. The molecule has 0 aliphatic carbocycles. The molecular weight excluding hydrogens is 262 g/mol. The van der Waals surface area contributed by atoms with Gasteiger partial charge in [0.1, 0.15) is 5.75 Å². The van der Waals surface area contributed by atoms with Crippen LogP contribution in [0.5, 0.6) is 5.75 Å². The summed E-state index contributed by atoms with van der Waals surface area (Å²) in [6.45, 7) is 7.13. The summed E-state index contributed by atoms with van der Waals surface area (Å²) in [5.74, 6) is 0.934. The summed E-state index contributed by atoms with van der Waals surface area (Å²) in [6, 6.07) is 6.32. The number of ether oxygens (including phenoxy) is 1. The fraction of sp³-hybridized carbons (Fsp3) is 0.471. The predicted octanol–water partition coefficient (Wildman–Crippen LogP) is 3.47. The van der Waals surface area contributed by atoms with Crippen molar-refractivity contribution in [2.45, 2.75) is 39.8 Å². The number of rotatable bonds is 8. The monoisotopic (exact) mass is 287 g/mol. The van der Waals surface area contributed by atoms with Crippen molar-refractivity contribution >= 4 is 0 Å². The summed E-state index contributed by atoms with van der Waals surface area (Å²) >= 11 is 0. The normalized spacial score (nSPS) is 10.8. The summed E-state index contributed by atoms with van der Waals surface area (Å²) in [5, 5.41) is 7.83. The molecule has 0 unspecified atom stereocenters. The molecule has 0 saturated carbocycles. The van der Waals surface area contributed by atoms with Gasteiger partial charge in [-0.1, -0.05) is 19.9 Å². The Balaban J connectivity index is 2.20. The van der Waals surface area contributed by atoms with Crippen molar-refractivity contribution < 1.29 is 4.74 Å². The van der Waals surface area contributed by atoms with E-state index in [2.05, 4.69) is 42.6 Å². The van der Waals surface area contributed by atoms with Crippen LogP contribution in [-0.4, -0.2) is 23.4 Å². The van der Waals surface area contributed by atoms with Crippen molar-refractivity contribution in [3.63, 3.8) is 0 Å². The van der Waals surface area contributed by atoms with E-state index in [0.29, 0.717) is 0 Å². The van der Waals surface area contributed by atoms with Crippen LogP contribution < -0.4 is 10.1 Å². The Morgan fingerprint density at radius 3 is 2.76 bits per heavy atom. The maximum absolute atomic E-state index is 5.45. The van der Waals surface area contributed by atoms with E-state index in [1.54, 1.807) is 7.11 Å². The first-order chi connectivity index (χ1) is 10.3. The fourth-order valence-corrected chi connectivity index (χ4v) is 2.36. The first-order valence-corrected chi connectivity index (χ1v) is 7.69. The van der Waals surface area contributed by atoms with Crippen molar-refractivity contribution in [1.29, 1.82) is 0 Å². The SMILES string of the molecule is CCCNCc1cc(-c2cnn(CCC)c2)ccc1OC. The molecule has 0 amide bonds. The van der Waals surface area contributed by atoms with Gasteiger partial charge in [-0.2, -0.15) is 5.10 Å². The Hall–Kier alpha value is -1.81. The average Bonchev–Trinajstić information content (AvgIpc) is 2.96. The van der Waals surface area contributed by atoms with Crippen molar-refractivity contribution in [3.05, 3.63) is 36.2 Å². The van der Waals surface area contributed by atoms with Crippen LogP contribution in [0.2, 0.25) is 0 Å². The highest BCUT2D eigenvalue weighted by Crippen LogP contribution is 2.26. The van der Waals surface area contributed by atoms with Crippen molar-refractivity contribution in [2.24, 2.45) is 0 Å². The molecule has 1 heterocycles. The van der Waals surface area contributed by atoms with Gasteiger partial charge in [0.25, 0.3) is 0 Å². The number of aryl methyl sites for hydroxylation is 1. The summed E-state index contributed by atoms with van der Waals surface area (Å²) in [6.07, 6.45) is 6.26. The topological polar surface area (TPSA) is 39.1 Å². The Labute approximate surface area is 127 Å². The van der Waals surface area contributed by atoms with Gasteiger partial charge >= 0.3 is 0 Å². The molecule has 0 fully saturated rings. The smallest absolute Gasteiger partial charge is 0.123 e. The van der Waals surface area contributed by atoms with Gasteiger partial charge < -0.3 is 10.1 Å². The molecule has 0 spiro atoms. The Kier molecular flexibility index (Phi) is 5.81. The van der Waals surface area contributed by atoms with Gasteiger partial charge in [0.05, 0.1) is 13.3 Å². The van der Waals surface area contributed by atoms with Gasteiger partial charge in [-0.15, -0.1) is 0 Å². The van der Waals surface area contributed by atoms with Crippen LogP contribution in [0.4, 0.5) is 0 Å². The fourth-order valence-electron chi connectivity index (χ4n) is 2.36. The lowest BCUT2D eigenvalue weighted by Gasteiger charge is -2.11. The molecule has 1 N–H and O–H groups in total. The second-order valence-corrected chi connectivity index (χ2v) is 5.20. The van der Waals surface area contributed by atoms with Gasteiger partial charge in [0.15, 0.2) is 0 Å². The summed E-state index contributed by atoms with van der Waals surface area (Å²) < 4.78 is 7.44. The summed E-state index contributed by atoms with van der Waals surface area (Å²) in [5.41, 5.74) is 3.53. The first kappa shape index (κ1) is 15.6. The van der Waals surface area contributed by atoms with Gasteiger partial charge in [-0.05, 0) is 37.1 Å². The van der Waals surface area contributed by atoms with Crippen LogP contribution in [0.3, 0.4) is 0 Å². The van der Waals surface area contributed by atoms with E-state index in [0.717, 1.165) is 43.8 Å². The molecule has 4 heteroatoms. The molecule has 0 atom stereocenters. The quantitative estimate of drug-likeness (QED) is 0.756. The van der Waals surface area contributed by atoms with Crippen LogP contribution in [0.25, 0.3) is 11.1 Å². The van der Waals surface area contributed by atoms with E-state index in [1.165, 1.54) is 11.1 Å². The number of nitrogens with one attached hydrogen (secondary N) is 1. The number of aromatic nitrogens is 2. The van der Waals surface area contributed by atoms with Crippen LogP contribution in [0.1, 0.15) is 32.3 Å². The van der Waals surface area contributed by atoms with E-state index in [4.69, 9.17) is 4.74 Å². The van der Waals surface area contributed by atoms with Crippen LogP contribution in [-0.2, 0) is 13.1 Å². The zero-order valence-corrected chi connectivity index (χ0v) is 13.2.